The molecular weight excluding hydrogens is 306 g/mol. The van der Waals surface area contributed by atoms with Crippen molar-refractivity contribution in [3.8, 4) is 0 Å². The number of hydrogen-bond acceptors (Lipinski definition) is 1. The van der Waals surface area contributed by atoms with E-state index in [1.807, 2.05) is 13.8 Å². The molecule has 0 aliphatic heterocycles. The van der Waals surface area contributed by atoms with Gasteiger partial charge in [0.05, 0.1) is 0 Å². The van der Waals surface area contributed by atoms with Crippen LogP contribution in [0.15, 0.2) is 0 Å². The van der Waals surface area contributed by atoms with Crippen LogP contribution in [-0.2, 0) is 20.4 Å². The average Bonchev–Trinajstić information content (AvgIpc) is 2.45. The van der Waals surface area contributed by atoms with E-state index in [-0.39, 0.29) is 0 Å². The molecule has 111 valence electrons. The first kappa shape index (κ1) is 17.5. The first-order chi connectivity index (χ1) is 9.45. The fourth-order valence-electron chi connectivity index (χ4n) is 1.93. The van der Waals surface area contributed by atoms with E-state index in [1.165, 1.54) is 4.90 Å². The molecule has 0 radical (unpaired) electrons. The summed E-state index contributed by atoms with van der Waals surface area (Å²) >= 11 is 1.03. The fourth-order valence-corrected chi connectivity index (χ4v) is 2.27. The van der Waals surface area contributed by atoms with Crippen LogP contribution in [0.1, 0.15) is 39.5 Å². The van der Waals surface area contributed by atoms with Crippen molar-refractivity contribution in [2.75, 3.05) is 18.0 Å². The summed E-state index contributed by atoms with van der Waals surface area (Å²) < 4.78 is 54.6. The van der Waals surface area contributed by atoms with Crippen LogP contribution in [0.3, 0.4) is 0 Å². The molecular formula is C14H18F4NTi. The minimum atomic E-state index is -1.31. The molecule has 0 bridgehead atoms. The van der Waals surface area contributed by atoms with E-state index < -0.39 is 32.8 Å². The summed E-state index contributed by atoms with van der Waals surface area (Å²) in [7, 11) is 0. The normalized spacial score (nSPS) is 10.8. The Balaban J connectivity index is 3.24. The van der Waals surface area contributed by atoms with E-state index in [1.54, 1.807) is 0 Å². The van der Waals surface area contributed by atoms with Crippen molar-refractivity contribution in [3.05, 3.63) is 23.3 Å². The third-order valence-corrected chi connectivity index (χ3v) is 3.81. The van der Waals surface area contributed by atoms with Gasteiger partial charge in [0.15, 0.2) is 0 Å². The Labute approximate surface area is 128 Å². The van der Waals surface area contributed by atoms with Crippen molar-refractivity contribution in [2.45, 2.75) is 39.5 Å². The number of rotatable bonds is 7. The predicted molar refractivity (Wildman–Crippen MR) is 67.9 cm³/mol. The second-order valence-corrected chi connectivity index (χ2v) is 5.45. The van der Waals surface area contributed by atoms with Crippen LogP contribution >= 0.6 is 0 Å². The number of hydrogen-bond donors (Lipinski definition) is 0. The first-order valence-electron chi connectivity index (χ1n) is 6.78. The zero-order valence-electron chi connectivity index (χ0n) is 11.7. The Hall–Kier alpha value is -0.546. The van der Waals surface area contributed by atoms with Crippen LogP contribution in [0.5, 0.6) is 0 Å². The van der Waals surface area contributed by atoms with E-state index in [2.05, 4.69) is 0 Å². The molecule has 0 amide bonds. The van der Waals surface area contributed by atoms with Gasteiger partial charge in [-0.15, -0.1) is 0 Å². The Morgan fingerprint density at radius 1 is 0.800 bits per heavy atom. The predicted octanol–water partition coefficient (Wildman–Crippen LogP) is 3.82. The Morgan fingerprint density at radius 3 is 1.55 bits per heavy atom. The topological polar surface area (TPSA) is 3.24 Å². The number of nitrogens with zero attached hydrogens (tertiary/aromatic N) is 1. The average molecular weight is 324 g/mol. The van der Waals surface area contributed by atoms with Gasteiger partial charge in [0.25, 0.3) is 0 Å². The number of benzene rings is 1. The monoisotopic (exact) mass is 324 g/mol. The van der Waals surface area contributed by atoms with E-state index in [4.69, 9.17) is 0 Å². The molecule has 0 saturated heterocycles. The van der Waals surface area contributed by atoms with Gasteiger partial charge in [0, 0.05) is 0 Å². The zero-order valence-corrected chi connectivity index (χ0v) is 13.3. The number of unbranched alkanes of at least 4 members (excludes halogenated alkanes) is 2. The Morgan fingerprint density at radius 2 is 1.20 bits per heavy atom. The van der Waals surface area contributed by atoms with Crippen LogP contribution < -0.4 is 8.77 Å². The first-order valence-corrected chi connectivity index (χ1v) is 7.56. The molecule has 0 unspecified atom stereocenters. The van der Waals surface area contributed by atoms with Gasteiger partial charge in [-0.25, -0.2) is 0 Å². The van der Waals surface area contributed by atoms with Gasteiger partial charge in [0.2, 0.25) is 0 Å². The molecule has 1 rings (SSSR count). The SMILES string of the molecule is CCCCN(CCCC)c1c(F)c(F)[c]([Ti])c(F)c1F. The van der Waals surface area contributed by atoms with Gasteiger partial charge >= 0.3 is 128 Å². The third-order valence-electron chi connectivity index (χ3n) is 3.12. The fraction of sp³-hybridized carbons (Fsp3) is 0.571. The van der Waals surface area contributed by atoms with Crippen molar-refractivity contribution in [1.82, 2.24) is 0 Å². The molecule has 0 N–H and O–H groups in total. The summed E-state index contributed by atoms with van der Waals surface area (Å²) in [4.78, 5) is 1.41. The van der Waals surface area contributed by atoms with Crippen LogP contribution in [0.25, 0.3) is 0 Å². The van der Waals surface area contributed by atoms with Crippen LogP contribution in [-0.4, -0.2) is 13.1 Å². The van der Waals surface area contributed by atoms with Gasteiger partial charge in [-0.05, 0) is 0 Å². The van der Waals surface area contributed by atoms with Crippen molar-refractivity contribution >= 4 is 9.56 Å². The number of halogens is 4. The maximum atomic E-state index is 14.0. The molecule has 6 heteroatoms. The summed E-state index contributed by atoms with van der Waals surface area (Å²) in [5, 5.41) is 0. The molecule has 1 aromatic carbocycles. The van der Waals surface area contributed by atoms with E-state index in [0.29, 0.717) is 25.9 Å². The van der Waals surface area contributed by atoms with Gasteiger partial charge < -0.3 is 0 Å². The van der Waals surface area contributed by atoms with Gasteiger partial charge in [-0.3, -0.25) is 0 Å². The summed E-state index contributed by atoms with van der Waals surface area (Å²) in [6.45, 7) is 4.65. The third kappa shape index (κ3) is 3.76. The molecule has 0 aromatic heterocycles. The van der Waals surface area contributed by atoms with Gasteiger partial charge in [0.1, 0.15) is 0 Å². The standard InChI is InChI=1S/C14H18F4N.Ti/c1-3-5-7-19(8-6-4-2)14-12(17)10(15)9-11(16)13(14)18;/h3-8H2,1-2H3;. The molecule has 20 heavy (non-hydrogen) atoms. The molecule has 0 heterocycles. The van der Waals surface area contributed by atoms with Gasteiger partial charge in [-0.1, -0.05) is 0 Å². The van der Waals surface area contributed by atoms with E-state index >= 15 is 0 Å². The van der Waals surface area contributed by atoms with Crippen molar-refractivity contribution in [1.29, 1.82) is 0 Å². The van der Waals surface area contributed by atoms with Crippen molar-refractivity contribution in [2.24, 2.45) is 0 Å². The second kappa shape index (κ2) is 8.03. The summed E-state index contributed by atoms with van der Waals surface area (Å²) in [6.07, 6.45) is 3.09. The second-order valence-electron chi connectivity index (χ2n) is 4.67. The Kier molecular flexibility index (Phi) is 7.03. The summed E-state index contributed by atoms with van der Waals surface area (Å²) in [5.41, 5.74) is -0.576. The van der Waals surface area contributed by atoms with Gasteiger partial charge in [-0.2, -0.15) is 0 Å². The quantitative estimate of drug-likeness (QED) is 0.419. The molecule has 0 saturated carbocycles. The molecule has 1 nitrogen and oxygen atoms in total. The molecule has 0 atom stereocenters. The molecule has 0 spiro atoms. The van der Waals surface area contributed by atoms with Crippen molar-refractivity contribution < 1.29 is 38.0 Å². The van der Waals surface area contributed by atoms with E-state index in [0.717, 1.165) is 33.3 Å². The van der Waals surface area contributed by atoms with Crippen molar-refractivity contribution in [3.63, 3.8) is 0 Å². The molecule has 0 fully saturated rings. The minimum absolute atomic E-state index is 0.381. The molecule has 1 aromatic rings. The number of anilines is 1. The molecule has 0 aliphatic rings. The summed E-state index contributed by atoms with van der Waals surface area (Å²) in [5.74, 6) is -5.21. The van der Waals surface area contributed by atoms with Crippen LogP contribution in [0.2, 0.25) is 0 Å². The zero-order chi connectivity index (χ0) is 15.3. The van der Waals surface area contributed by atoms with Crippen LogP contribution in [0, 0.1) is 23.3 Å². The maximum absolute atomic E-state index is 14.0. The van der Waals surface area contributed by atoms with Crippen LogP contribution in [0.4, 0.5) is 23.2 Å². The molecule has 0 aliphatic carbocycles. The summed E-state index contributed by atoms with van der Waals surface area (Å²) in [6, 6.07) is 0. The Bertz CT molecular complexity index is 428. The van der Waals surface area contributed by atoms with E-state index in [9.17, 15) is 17.6 Å².